The van der Waals surface area contributed by atoms with Gasteiger partial charge >= 0.3 is 0 Å². The quantitative estimate of drug-likeness (QED) is 0.682. The summed E-state index contributed by atoms with van der Waals surface area (Å²) in [6.07, 6.45) is 1.57. The number of carbonyl (C=O) groups is 2. The summed E-state index contributed by atoms with van der Waals surface area (Å²) in [5.74, 6) is -0.488. The summed E-state index contributed by atoms with van der Waals surface area (Å²) in [5, 5.41) is 2.60. The molecule has 0 saturated heterocycles. The van der Waals surface area contributed by atoms with Crippen molar-refractivity contribution in [2.24, 2.45) is 5.73 Å². The van der Waals surface area contributed by atoms with Gasteiger partial charge in [-0.2, -0.15) is 4.31 Å². The Kier molecular flexibility index (Phi) is 5.90. The van der Waals surface area contributed by atoms with Crippen LogP contribution in [0.1, 0.15) is 35.7 Å². The third-order valence-electron chi connectivity index (χ3n) is 4.62. The summed E-state index contributed by atoms with van der Waals surface area (Å²) in [4.78, 5) is 22.8. The van der Waals surface area contributed by atoms with Crippen molar-refractivity contribution in [3.63, 3.8) is 0 Å². The highest BCUT2D eigenvalue weighted by Crippen LogP contribution is 2.35. The van der Waals surface area contributed by atoms with Gasteiger partial charge in [-0.05, 0) is 48.7 Å². The van der Waals surface area contributed by atoms with E-state index in [-0.39, 0.29) is 23.4 Å². The van der Waals surface area contributed by atoms with Gasteiger partial charge in [-0.3, -0.25) is 9.59 Å². The normalized spacial score (nSPS) is 13.9. The highest BCUT2D eigenvalue weighted by molar-refractivity contribution is 7.89. The predicted octanol–water partition coefficient (Wildman–Crippen LogP) is 2.11. The van der Waals surface area contributed by atoms with E-state index in [1.165, 1.54) is 36.5 Å². The van der Waals surface area contributed by atoms with Gasteiger partial charge in [0.05, 0.1) is 17.7 Å². The Balaban J connectivity index is 1.92. The fourth-order valence-corrected chi connectivity index (χ4v) is 4.70. The molecule has 29 heavy (non-hydrogen) atoms. The largest absolute Gasteiger partial charge is 0.495 e. The minimum absolute atomic E-state index is 0.0720. The summed E-state index contributed by atoms with van der Waals surface area (Å²) < 4.78 is 33.3. The smallest absolute Gasteiger partial charge is 0.248 e. The molecule has 1 fully saturated rings. The number of carbonyl (C=O) groups excluding carboxylic acids is 2. The number of rotatable bonds is 8. The third kappa shape index (κ3) is 4.75. The molecule has 154 valence electrons. The van der Waals surface area contributed by atoms with Crippen LogP contribution in [0.15, 0.2) is 47.4 Å². The number of methoxy groups -OCH3 is 1. The first kappa shape index (κ1) is 20.8. The number of nitrogens with one attached hydrogen (secondary N) is 1. The van der Waals surface area contributed by atoms with Gasteiger partial charge in [-0.25, -0.2) is 8.42 Å². The van der Waals surface area contributed by atoms with Crippen LogP contribution < -0.4 is 15.8 Å². The molecule has 0 radical (unpaired) electrons. The van der Waals surface area contributed by atoms with Gasteiger partial charge in [-0.1, -0.05) is 12.1 Å². The number of hydrogen-bond acceptors (Lipinski definition) is 5. The molecule has 0 unspecified atom stereocenters. The Labute approximate surface area is 169 Å². The van der Waals surface area contributed by atoms with Gasteiger partial charge in [0.15, 0.2) is 0 Å². The van der Waals surface area contributed by atoms with Crippen molar-refractivity contribution >= 4 is 27.5 Å². The van der Waals surface area contributed by atoms with Crippen LogP contribution in [0.25, 0.3) is 0 Å². The van der Waals surface area contributed by atoms with Gasteiger partial charge in [-0.15, -0.1) is 0 Å². The van der Waals surface area contributed by atoms with Gasteiger partial charge in [0.1, 0.15) is 5.75 Å². The summed E-state index contributed by atoms with van der Waals surface area (Å²) in [5.41, 5.74) is 6.67. The molecule has 0 atom stereocenters. The zero-order valence-electron chi connectivity index (χ0n) is 16.2. The number of hydrogen-bond donors (Lipinski definition) is 2. The summed E-state index contributed by atoms with van der Waals surface area (Å²) in [6, 6.07) is 10.9. The van der Waals surface area contributed by atoms with Gasteiger partial charge in [0.25, 0.3) is 0 Å². The van der Waals surface area contributed by atoms with Crippen molar-refractivity contribution in [3.8, 4) is 5.75 Å². The maximum absolute atomic E-state index is 13.3. The van der Waals surface area contributed by atoms with E-state index in [0.29, 0.717) is 17.0 Å². The Morgan fingerprint density at radius 3 is 2.34 bits per heavy atom. The lowest BCUT2D eigenvalue weighted by atomic mass is 10.1. The average Bonchev–Trinajstić information content (AvgIpc) is 3.50. The first-order valence-corrected chi connectivity index (χ1v) is 10.5. The van der Waals surface area contributed by atoms with Crippen molar-refractivity contribution in [2.45, 2.75) is 37.2 Å². The van der Waals surface area contributed by atoms with Crippen molar-refractivity contribution in [1.29, 1.82) is 0 Å². The fourth-order valence-electron chi connectivity index (χ4n) is 3.00. The Morgan fingerprint density at radius 2 is 1.83 bits per heavy atom. The molecule has 2 aromatic rings. The second-order valence-corrected chi connectivity index (χ2v) is 8.78. The second kappa shape index (κ2) is 8.22. The van der Waals surface area contributed by atoms with E-state index in [1.807, 2.05) is 0 Å². The zero-order chi connectivity index (χ0) is 21.2. The lowest BCUT2D eigenvalue weighted by Crippen LogP contribution is -2.32. The van der Waals surface area contributed by atoms with Crippen molar-refractivity contribution in [2.75, 3.05) is 12.4 Å². The zero-order valence-corrected chi connectivity index (χ0v) is 17.0. The number of primary amides is 1. The molecule has 2 aromatic carbocycles. The summed E-state index contributed by atoms with van der Waals surface area (Å²) in [7, 11) is -2.37. The molecule has 8 nitrogen and oxygen atoms in total. The second-order valence-electron chi connectivity index (χ2n) is 6.89. The molecule has 3 N–H and O–H groups in total. The van der Waals surface area contributed by atoms with Crippen LogP contribution in [0, 0.1) is 0 Å². The number of amides is 2. The lowest BCUT2D eigenvalue weighted by molar-refractivity contribution is -0.114. The van der Waals surface area contributed by atoms with Crippen LogP contribution in [-0.2, 0) is 21.4 Å². The number of ether oxygens (including phenoxy) is 1. The van der Waals surface area contributed by atoms with Crippen LogP contribution in [0.2, 0.25) is 0 Å². The van der Waals surface area contributed by atoms with E-state index in [4.69, 9.17) is 10.5 Å². The van der Waals surface area contributed by atoms with Crippen LogP contribution in [-0.4, -0.2) is 37.7 Å². The van der Waals surface area contributed by atoms with E-state index >= 15 is 0 Å². The number of anilines is 1. The maximum atomic E-state index is 13.3. The molecule has 1 aliphatic carbocycles. The van der Waals surface area contributed by atoms with Crippen LogP contribution in [0.3, 0.4) is 0 Å². The van der Waals surface area contributed by atoms with E-state index in [9.17, 15) is 18.0 Å². The Hall–Kier alpha value is -2.91. The van der Waals surface area contributed by atoms with E-state index < -0.39 is 15.9 Å². The number of sulfonamides is 1. The van der Waals surface area contributed by atoms with Crippen LogP contribution in [0.4, 0.5) is 5.69 Å². The van der Waals surface area contributed by atoms with E-state index in [0.717, 1.165) is 18.4 Å². The van der Waals surface area contributed by atoms with Crippen molar-refractivity contribution in [3.05, 3.63) is 53.6 Å². The third-order valence-corrected chi connectivity index (χ3v) is 6.51. The molecule has 0 bridgehead atoms. The van der Waals surface area contributed by atoms with Gasteiger partial charge in [0, 0.05) is 25.1 Å². The highest BCUT2D eigenvalue weighted by atomic mass is 32.2. The monoisotopic (exact) mass is 417 g/mol. The number of nitrogens with two attached hydrogens (primary N) is 1. The Bertz CT molecular complexity index is 1030. The van der Waals surface area contributed by atoms with Gasteiger partial charge < -0.3 is 15.8 Å². The topological polar surface area (TPSA) is 119 Å². The highest BCUT2D eigenvalue weighted by Gasteiger charge is 2.38. The molecule has 9 heteroatoms. The maximum Gasteiger partial charge on any atom is 0.248 e. The van der Waals surface area contributed by atoms with Crippen LogP contribution in [0.5, 0.6) is 5.75 Å². The summed E-state index contributed by atoms with van der Waals surface area (Å²) >= 11 is 0. The molecular weight excluding hydrogens is 394 g/mol. The standard InChI is InChI=1S/C20H23N3O5S/c1-13(24)22-18-11-17(9-10-19(18)28-2)29(26,27)23(16-7-8-16)12-14-3-5-15(6-4-14)20(21)25/h3-6,9-11,16H,7-8,12H2,1-2H3,(H2,21,25)(H,22,24). The summed E-state index contributed by atoms with van der Waals surface area (Å²) in [6.45, 7) is 1.51. The molecule has 0 spiro atoms. The molecule has 0 aliphatic heterocycles. The van der Waals surface area contributed by atoms with Crippen LogP contribution >= 0.6 is 0 Å². The molecule has 0 aromatic heterocycles. The first-order valence-electron chi connectivity index (χ1n) is 9.08. The molecule has 1 saturated carbocycles. The predicted molar refractivity (Wildman–Crippen MR) is 108 cm³/mol. The molecule has 1 aliphatic rings. The fraction of sp³-hybridized carbons (Fsp3) is 0.300. The molecule has 2 amide bonds. The van der Waals surface area contributed by atoms with E-state index in [2.05, 4.69) is 5.32 Å². The molecular formula is C20H23N3O5S. The minimum Gasteiger partial charge on any atom is -0.495 e. The average molecular weight is 417 g/mol. The Morgan fingerprint density at radius 1 is 1.17 bits per heavy atom. The number of nitrogens with zero attached hydrogens (tertiary/aromatic N) is 1. The lowest BCUT2D eigenvalue weighted by Gasteiger charge is -2.23. The van der Waals surface area contributed by atoms with Crippen molar-refractivity contribution in [1.82, 2.24) is 4.31 Å². The van der Waals surface area contributed by atoms with Gasteiger partial charge in [0.2, 0.25) is 21.8 Å². The molecule has 3 rings (SSSR count). The van der Waals surface area contributed by atoms with E-state index in [1.54, 1.807) is 24.3 Å². The molecule has 0 heterocycles. The number of benzene rings is 2. The SMILES string of the molecule is COc1ccc(S(=O)(=O)N(Cc2ccc(C(N)=O)cc2)C2CC2)cc1NC(C)=O. The first-order chi connectivity index (χ1) is 13.7. The minimum atomic E-state index is -3.81. The van der Waals surface area contributed by atoms with Crippen molar-refractivity contribution < 1.29 is 22.7 Å².